The Hall–Kier alpha value is -1.65. The van der Waals surface area contributed by atoms with Gasteiger partial charge in [0.25, 0.3) is 5.91 Å². The van der Waals surface area contributed by atoms with Crippen LogP contribution in [0.15, 0.2) is 46.1 Å². The minimum Gasteiger partial charge on any atom is -0.379 e. The molecular weight excluding hydrogens is 276 g/mol. The van der Waals surface area contributed by atoms with Crippen molar-refractivity contribution in [1.29, 1.82) is 0 Å². The molecule has 0 aromatic heterocycles. The van der Waals surface area contributed by atoms with Gasteiger partial charge in [0.15, 0.2) is 0 Å². The second kappa shape index (κ2) is 4.93. The predicted octanol–water partition coefficient (Wildman–Crippen LogP) is 1.72. The van der Waals surface area contributed by atoms with Gasteiger partial charge in [0, 0.05) is 30.7 Å². The molecule has 4 heteroatoms. The van der Waals surface area contributed by atoms with Gasteiger partial charge in [-0.2, -0.15) is 0 Å². The molecule has 116 valence electrons. The third-order valence-corrected chi connectivity index (χ3v) is 4.69. The van der Waals surface area contributed by atoms with Crippen molar-refractivity contribution >= 4 is 5.91 Å². The van der Waals surface area contributed by atoms with Gasteiger partial charge in [0.05, 0.1) is 13.2 Å². The molecule has 0 atom stereocenters. The summed E-state index contributed by atoms with van der Waals surface area (Å²) in [4.78, 5) is 15.0. The zero-order valence-electron chi connectivity index (χ0n) is 13.2. The molecule has 0 spiro atoms. The van der Waals surface area contributed by atoms with Gasteiger partial charge < -0.3 is 10.1 Å². The highest BCUT2D eigenvalue weighted by Gasteiger charge is 2.36. The number of fused-ring (bicyclic) bond motifs is 2. The lowest BCUT2D eigenvalue weighted by molar-refractivity contribution is -0.119. The Balaban J connectivity index is 1.43. The summed E-state index contributed by atoms with van der Waals surface area (Å²) in [5.41, 5.74) is 5.80. The molecule has 1 saturated carbocycles. The highest BCUT2D eigenvalue weighted by atomic mass is 16.5. The highest BCUT2D eigenvalue weighted by molar-refractivity contribution is 6.02. The summed E-state index contributed by atoms with van der Waals surface area (Å²) in [6.45, 7) is 8.48. The summed E-state index contributed by atoms with van der Waals surface area (Å²) >= 11 is 0. The van der Waals surface area contributed by atoms with Gasteiger partial charge in [-0.1, -0.05) is 6.08 Å². The normalized spacial score (nSPS) is 23.6. The second-order valence-electron chi connectivity index (χ2n) is 7.13. The molecule has 0 unspecified atom stereocenters. The highest BCUT2D eigenvalue weighted by Crippen LogP contribution is 2.51. The van der Waals surface area contributed by atoms with E-state index in [0.29, 0.717) is 0 Å². The Kier molecular flexibility index (Phi) is 3.13. The minimum absolute atomic E-state index is 0.0401. The quantitative estimate of drug-likeness (QED) is 0.859. The lowest BCUT2D eigenvalue weighted by Crippen LogP contribution is -2.53. The van der Waals surface area contributed by atoms with Crippen molar-refractivity contribution in [1.82, 2.24) is 10.2 Å². The molecule has 0 bridgehead atoms. The lowest BCUT2D eigenvalue weighted by Gasteiger charge is -2.35. The van der Waals surface area contributed by atoms with Gasteiger partial charge in [-0.15, -0.1) is 0 Å². The maximum atomic E-state index is 12.7. The Morgan fingerprint density at radius 2 is 2.05 bits per heavy atom. The summed E-state index contributed by atoms with van der Waals surface area (Å²) in [6, 6.07) is 0. The largest absolute Gasteiger partial charge is 0.379 e. The molecule has 4 nitrogen and oxygen atoms in total. The van der Waals surface area contributed by atoms with E-state index in [9.17, 15) is 4.79 Å². The maximum absolute atomic E-state index is 12.7. The van der Waals surface area contributed by atoms with E-state index in [1.165, 1.54) is 16.7 Å². The fraction of sp³-hybridized carbons (Fsp3) is 0.500. The molecule has 1 amide bonds. The van der Waals surface area contributed by atoms with Crippen molar-refractivity contribution in [3.8, 4) is 0 Å². The van der Waals surface area contributed by atoms with E-state index in [1.54, 1.807) is 0 Å². The standard InChI is InChI=1S/C18H22N2O2/c1-18(2,11-20-5-7-22-8-6-20)19-17(21)14-4-3-13-15-9-12(15)10-16(13)14/h3-4,10H,5-9,11H2,1-2H3,(H,19,21). The van der Waals surface area contributed by atoms with Gasteiger partial charge in [0.2, 0.25) is 0 Å². The number of allylic oxidation sites excluding steroid dienone is 6. The molecule has 0 radical (unpaired) electrons. The van der Waals surface area contributed by atoms with Crippen molar-refractivity contribution in [3.63, 3.8) is 0 Å². The lowest BCUT2D eigenvalue weighted by atomic mass is 10.0. The van der Waals surface area contributed by atoms with E-state index in [-0.39, 0.29) is 11.4 Å². The molecule has 1 aliphatic heterocycles. The van der Waals surface area contributed by atoms with Crippen molar-refractivity contribution in [2.24, 2.45) is 0 Å². The topological polar surface area (TPSA) is 41.6 Å². The first-order valence-corrected chi connectivity index (χ1v) is 8.03. The van der Waals surface area contributed by atoms with Gasteiger partial charge in [0.1, 0.15) is 0 Å². The first kappa shape index (κ1) is 14.0. The van der Waals surface area contributed by atoms with Crippen LogP contribution in [-0.4, -0.2) is 49.2 Å². The molecule has 2 fully saturated rings. The Bertz CT molecular complexity index is 659. The van der Waals surface area contributed by atoms with E-state index >= 15 is 0 Å². The van der Waals surface area contributed by atoms with Crippen LogP contribution in [0.4, 0.5) is 0 Å². The fourth-order valence-corrected chi connectivity index (χ4v) is 3.57. The molecular formula is C18H22N2O2. The van der Waals surface area contributed by atoms with Gasteiger partial charge >= 0.3 is 0 Å². The first-order chi connectivity index (χ1) is 10.5. The van der Waals surface area contributed by atoms with E-state index < -0.39 is 0 Å². The maximum Gasteiger partial charge on any atom is 0.252 e. The summed E-state index contributed by atoms with van der Waals surface area (Å²) < 4.78 is 5.38. The van der Waals surface area contributed by atoms with E-state index in [4.69, 9.17) is 4.74 Å². The van der Waals surface area contributed by atoms with Crippen molar-refractivity contribution in [3.05, 3.63) is 46.1 Å². The Morgan fingerprint density at radius 1 is 1.27 bits per heavy atom. The van der Waals surface area contributed by atoms with Crippen LogP contribution < -0.4 is 5.32 Å². The minimum atomic E-state index is -0.250. The van der Waals surface area contributed by atoms with Crippen molar-refractivity contribution in [2.75, 3.05) is 32.8 Å². The monoisotopic (exact) mass is 298 g/mol. The van der Waals surface area contributed by atoms with Crippen molar-refractivity contribution in [2.45, 2.75) is 25.8 Å². The van der Waals surface area contributed by atoms with E-state index in [1.807, 2.05) is 6.08 Å². The number of carbonyl (C=O) groups excluding carboxylic acids is 1. The van der Waals surface area contributed by atoms with Gasteiger partial charge in [-0.25, -0.2) is 0 Å². The number of nitrogens with one attached hydrogen (secondary N) is 1. The van der Waals surface area contributed by atoms with Crippen LogP contribution >= 0.6 is 0 Å². The number of nitrogens with zero attached hydrogens (tertiary/aromatic N) is 1. The summed E-state index contributed by atoms with van der Waals surface area (Å²) in [7, 11) is 0. The van der Waals surface area contributed by atoms with Crippen LogP contribution in [-0.2, 0) is 9.53 Å². The van der Waals surface area contributed by atoms with Gasteiger partial charge in [-0.3, -0.25) is 9.69 Å². The number of hydrogen-bond acceptors (Lipinski definition) is 3. The molecule has 0 aromatic carbocycles. The molecule has 22 heavy (non-hydrogen) atoms. The first-order valence-electron chi connectivity index (χ1n) is 8.03. The zero-order chi connectivity index (χ0) is 15.3. The number of hydrogen-bond donors (Lipinski definition) is 1. The molecule has 4 aliphatic rings. The summed E-state index contributed by atoms with van der Waals surface area (Å²) in [5, 5.41) is 3.21. The third kappa shape index (κ3) is 2.46. The number of morpholine rings is 1. The Morgan fingerprint density at radius 3 is 2.82 bits per heavy atom. The number of carbonyl (C=O) groups is 1. The smallest absolute Gasteiger partial charge is 0.252 e. The molecule has 1 N–H and O–H groups in total. The summed E-state index contributed by atoms with van der Waals surface area (Å²) in [5.74, 6) is 0.0401. The number of ether oxygens (including phenoxy) is 1. The van der Waals surface area contributed by atoms with Crippen LogP contribution in [0.3, 0.4) is 0 Å². The van der Waals surface area contributed by atoms with Gasteiger partial charge in [-0.05, 0) is 54.7 Å². The van der Waals surface area contributed by atoms with E-state index in [0.717, 1.165) is 50.4 Å². The average Bonchev–Trinajstić information content (AvgIpc) is 2.94. The molecule has 1 saturated heterocycles. The molecule has 3 aliphatic carbocycles. The Labute approximate surface area is 131 Å². The molecule has 4 rings (SSSR count). The van der Waals surface area contributed by atoms with Crippen LogP contribution in [0, 0.1) is 0 Å². The average molecular weight is 298 g/mol. The molecule has 0 aromatic rings. The van der Waals surface area contributed by atoms with Crippen molar-refractivity contribution < 1.29 is 9.53 Å². The SMILES string of the molecule is CC(C)(CN1CCOCC1)NC(=O)C1=C2C=C3CC3=C2C=C1. The van der Waals surface area contributed by atoms with E-state index in [2.05, 4.69) is 36.2 Å². The van der Waals surface area contributed by atoms with Crippen LogP contribution in [0.5, 0.6) is 0 Å². The summed E-state index contributed by atoms with van der Waals surface area (Å²) in [6.07, 6.45) is 7.34. The third-order valence-electron chi connectivity index (χ3n) is 4.69. The number of amides is 1. The van der Waals surface area contributed by atoms with Crippen LogP contribution in [0.2, 0.25) is 0 Å². The molecule has 1 heterocycles. The predicted molar refractivity (Wildman–Crippen MR) is 85.4 cm³/mol. The zero-order valence-corrected chi connectivity index (χ0v) is 13.2. The fourth-order valence-electron chi connectivity index (χ4n) is 3.57. The second-order valence-corrected chi connectivity index (χ2v) is 7.13. The van der Waals surface area contributed by atoms with Crippen LogP contribution in [0.25, 0.3) is 0 Å². The number of rotatable bonds is 4. The van der Waals surface area contributed by atoms with Crippen LogP contribution in [0.1, 0.15) is 20.3 Å².